The molecule has 1 rings (SSSR count). The van der Waals surface area contributed by atoms with Gasteiger partial charge in [0.2, 0.25) is 5.91 Å². The molecule has 1 aromatic carbocycles. The van der Waals surface area contributed by atoms with Gasteiger partial charge in [-0.05, 0) is 5.56 Å². The van der Waals surface area contributed by atoms with E-state index in [9.17, 15) is 4.79 Å². The van der Waals surface area contributed by atoms with Crippen molar-refractivity contribution in [2.45, 2.75) is 19.1 Å². The van der Waals surface area contributed by atoms with E-state index in [1.807, 2.05) is 30.3 Å². The monoisotopic (exact) mass is 222 g/mol. The highest BCUT2D eigenvalue weighted by Gasteiger charge is 2.10. The van der Waals surface area contributed by atoms with Gasteiger partial charge in [0, 0.05) is 20.2 Å². The summed E-state index contributed by atoms with van der Waals surface area (Å²) in [6, 6.07) is 9.77. The molecule has 16 heavy (non-hydrogen) atoms. The van der Waals surface area contributed by atoms with Gasteiger partial charge >= 0.3 is 0 Å². The van der Waals surface area contributed by atoms with E-state index in [1.54, 1.807) is 7.11 Å². The Morgan fingerprint density at radius 2 is 2.12 bits per heavy atom. The number of rotatable bonds is 6. The summed E-state index contributed by atoms with van der Waals surface area (Å²) in [4.78, 5) is 11.5. The second-order valence-corrected chi connectivity index (χ2v) is 3.56. The van der Waals surface area contributed by atoms with E-state index in [0.717, 1.165) is 5.56 Å². The SMILES string of the molecule is COC(CN)CC(=O)NCc1ccccc1. The second-order valence-electron chi connectivity index (χ2n) is 3.56. The minimum atomic E-state index is -0.198. The van der Waals surface area contributed by atoms with Crippen LogP contribution in [-0.4, -0.2) is 25.7 Å². The Morgan fingerprint density at radius 1 is 1.44 bits per heavy atom. The molecule has 0 heterocycles. The quantitative estimate of drug-likeness (QED) is 0.743. The number of amides is 1. The highest BCUT2D eigenvalue weighted by atomic mass is 16.5. The molecule has 0 aliphatic carbocycles. The standard InChI is InChI=1S/C12H18N2O2/c1-16-11(8-13)7-12(15)14-9-10-5-3-2-4-6-10/h2-6,11H,7-9,13H2,1H3,(H,14,15). The van der Waals surface area contributed by atoms with Crippen molar-refractivity contribution in [1.29, 1.82) is 0 Å². The van der Waals surface area contributed by atoms with Crippen LogP contribution < -0.4 is 11.1 Å². The lowest BCUT2D eigenvalue weighted by atomic mass is 10.2. The van der Waals surface area contributed by atoms with Crippen LogP contribution in [0, 0.1) is 0 Å². The predicted octanol–water partition coefficient (Wildman–Crippen LogP) is 0.667. The maximum atomic E-state index is 11.5. The third kappa shape index (κ3) is 4.42. The number of carbonyl (C=O) groups is 1. The summed E-state index contributed by atoms with van der Waals surface area (Å²) in [7, 11) is 1.56. The second kappa shape index (κ2) is 6.98. The van der Waals surface area contributed by atoms with Crippen LogP contribution in [0.3, 0.4) is 0 Å². The van der Waals surface area contributed by atoms with Gasteiger partial charge in [0.25, 0.3) is 0 Å². The smallest absolute Gasteiger partial charge is 0.222 e. The van der Waals surface area contributed by atoms with E-state index < -0.39 is 0 Å². The number of nitrogens with two attached hydrogens (primary N) is 1. The molecule has 0 aliphatic heterocycles. The Kier molecular flexibility index (Phi) is 5.53. The van der Waals surface area contributed by atoms with E-state index in [1.165, 1.54) is 0 Å². The summed E-state index contributed by atoms with van der Waals surface area (Å²) < 4.78 is 5.04. The van der Waals surface area contributed by atoms with Crippen LogP contribution >= 0.6 is 0 Å². The molecule has 4 heteroatoms. The fourth-order valence-electron chi connectivity index (χ4n) is 1.34. The summed E-state index contributed by atoms with van der Waals surface area (Å²) in [5, 5.41) is 2.82. The van der Waals surface area contributed by atoms with Crippen LogP contribution in [0.25, 0.3) is 0 Å². The van der Waals surface area contributed by atoms with Crippen LogP contribution in [0.2, 0.25) is 0 Å². The summed E-state index contributed by atoms with van der Waals surface area (Å²) in [5.41, 5.74) is 6.51. The van der Waals surface area contributed by atoms with E-state index in [0.29, 0.717) is 19.5 Å². The largest absolute Gasteiger partial charge is 0.380 e. The van der Waals surface area contributed by atoms with Crippen molar-refractivity contribution < 1.29 is 9.53 Å². The third-order valence-electron chi connectivity index (χ3n) is 2.34. The Labute approximate surface area is 95.8 Å². The first-order chi connectivity index (χ1) is 7.76. The first-order valence-corrected chi connectivity index (χ1v) is 5.29. The number of carbonyl (C=O) groups excluding carboxylic acids is 1. The molecule has 1 atom stereocenters. The fraction of sp³-hybridized carbons (Fsp3) is 0.417. The Bertz CT molecular complexity index is 310. The summed E-state index contributed by atoms with van der Waals surface area (Å²) in [6.45, 7) is 0.899. The Balaban J connectivity index is 2.30. The van der Waals surface area contributed by atoms with Crippen LogP contribution in [0.5, 0.6) is 0 Å². The maximum absolute atomic E-state index is 11.5. The molecule has 0 spiro atoms. The van der Waals surface area contributed by atoms with Gasteiger partial charge in [0.15, 0.2) is 0 Å². The number of benzene rings is 1. The lowest BCUT2D eigenvalue weighted by Gasteiger charge is -2.12. The van der Waals surface area contributed by atoms with Gasteiger partial charge in [0.05, 0.1) is 12.5 Å². The summed E-state index contributed by atoms with van der Waals surface area (Å²) in [5.74, 6) is -0.0406. The highest BCUT2D eigenvalue weighted by Crippen LogP contribution is 1.99. The zero-order valence-electron chi connectivity index (χ0n) is 9.48. The Hall–Kier alpha value is -1.39. The average molecular weight is 222 g/mol. The first kappa shape index (κ1) is 12.7. The van der Waals surface area contributed by atoms with Gasteiger partial charge in [-0.25, -0.2) is 0 Å². The van der Waals surface area contributed by atoms with Gasteiger partial charge in [-0.2, -0.15) is 0 Å². The molecular weight excluding hydrogens is 204 g/mol. The molecule has 3 N–H and O–H groups in total. The molecule has 0 aromatic heterocycles. The predicted molar refractivity (Wildman–Crippen MR) is 62.8 cm³/mol. The molecule has 1 aromatic rings. The summed E-state index contributed by atoms with van der Waals surface area (Å²) in [6.07, 6.45) is 0.107. The minimum absolute atomic E-state index is 0.0406. The van der Waals surface area contributed by atoms with Crippen molar-refractivity contribution in [3.8, 4) is 0 Å². The number of hydrogen-bond donors (Lipinski definition) is 2. The van der Waals surface area contributed by atoms with E-state index >= 15 is 0 Å². The maximum Gasteiger partial charge on any atom is 0.222 e. The molecule has 0 radical (unpaired) electrons. The van der Waals surface area contributed by atoms with Gasteiger partial charge in [-0.1, -0.05) is 30.3 Å². The lowest BCUT2D eigenvalue weighted by Crippen LogP contribution is -2.31. The van der Waals surface area contributed by atoms with Crippen molar-refractivity contribution in [2.24, 2.45) is 5.73 Å². The number of methoxy groups -OCH3 is 1. The highest BCUT2D eigenvalue weighted by molar-refractivity contribution is 5.76. The topological polar surface area (TPSA) is 64.3 Å². The third-order valence-corrected chi connectivity index (χ3v) is 2.34. The molecule has 0 saturated carbocycles. The van der Waals surface area contributed by atoms with Gasteiger partial charge in [-0.15, -0.1) is 0 Å². The van der Waals surface area contributed by atoms with Gasteiger partial charge in [-0.3, -0.25) is 4.79 Å². The fourth-order valence-corrected chi connectivity index (χ4v) is 1.34. The normalized spacial score (nSPS) is 12.1. The molecule has 88 valence electrons. The molecular formula is C12H18N2O2. The molecule has 0 bridgehead atoms. The molecule has 4 nitrogen and oxygen atoms in total. The average Bonchev–Trinajstić information content (AvgIpc) is 2.34. The van der Waals surface area contributed by atoms with Gasteiger partial charge in [0.1, 0.15) is 0 Å². The van der Waals surface area contributed by atoms with Crippen LogP contribution in [0.1, 0.15) is 12.0 Å². The Morgan fingerprint density at radius 3 is 2.69 bits per heavy atom. The molecule has 1 unspecified atom stereocenters. The number of ether oxygens (including phenoxy) is 1. The van der Waals surface area contributed by atoms with E-state index in [-0.39, 0.29) is 12.0 Å². The lowest BCUT2D eigenvalue weighted by molar-refractivity contribution is -0.123. The molecule has 0 aliphatic rings. The van der Waals surface area contributed by atoms with Crippen molar-refractivity contribution in [3.05, 3.63) is 35.9 Å². The van der Waals surface area contributed by atoms with Crippen LogP contribution in [0.15, 0.2) is 30.3 Å². The van der Waals surface area contributed by atoms with E-state index in [4.69, 9.17) is 10.5 Å². The van der Waals surface area contributed by atoms with E-state index in [2.05, 4.69) is 5.32 Å². The first-order valence-electron chi connectivity index (χ1n) is 5.29. The number of hydrogen-bond acceptors (Lipinski definition) is 3. The van der Waals surface area contributed by atoms with Crippen LogP contribution in [-0.2, 0) is 16.1 Å². The van der Waals surface area contributed by atoms with Crippen molar-refractivity contribution in [1.82, 2.24) is 5.32 Å². The minimum Gasteiger partial charge on any atom is -0.380 e. The van der Waals surface area contributed by atoms with Gasteiger partial charge < -0.3 is 15.8 Å². The molecule has 0 saturated heterocycles. The molecule has 0 fully saturated rings. The van der Waals surface area contributed by atoms with Crippen molar-refractivity contribution >= 4 is 5.91 Å². The number of nitrogens with one attached hydrogen (secondary N) is 1. The zero-order valence-corrected chi connectivity index (χ0v) is 9.48. The molecule has 1 amide bonds. The van der Waals surface area contributed by atoms with Crippen LogP contribution in [0.4, 0.5) is 0 Å². The van der Waals surface area contributed by atoms with Crippen molar-refractivity contribution in [3.63, 3.8) is 0 Å². The zero-order chi connectivity index (χ0) is 11.8. The summed E-state index contributed by atoms with van der Waals surface area (Å²) >= 11 is 0. The van der Waals surface area contributed by atoms with Crippen molar-refractivity contribution in [2.75, 3.05) is 13.7 Å².